The first-order valence-corrected chi connectivity index (χ1v) is 29.3. The molecule has 7 aliphatic rings. The van der Waals surface area contributed by atoms with E-state index in [-0.39, 0.29) is 34.5 Å². The summed E-state index contributed by atoms with van der Waals surface area (Å²) in [6.45, 7) is 15.2. The normalized spacial score (nSPS) is 39.7. The summed E-state index contributed by atoms with van der Waals surface area (Å²) in [5.74, 6) is -3.40. The molecular weight excluding hydrogens is 1100 g/mol. The molecule has 25 heteroatoms. The number of nitrogens with zero attached hydrogens (tertiary/aromatic N) is 9. The second-order valence-corrected chi connectivity index (χ2v) is 26.7. The number of hydrogen-bond donors (Lipinski definition) is 5. The van der Waals surface area contributed by atoms with Crippen molar-refractivity contribution in [3.05, 3.63) is 84.4 Å². The van der Waals surface area contributed by atoms with Crippen molar-refractivity contribution < 1.29 is 78.2 Å². The molecule has 0 amide bonds. The van der Waals surface area contributed by atoms with E-state index < -0.39 is 112 Å². The van der Waals surface area contributed by atoms with Gasteiger partial charge in [0.1, 0.15) is 69.7 Å². The minimum atomic E-state index is -2.09. The monoisotopic (exact) mass is 1170 g/mol. The number of aromatic nitrogens is 9. The van der Waals surface area contributed by atoms with Crippen LogP contribution in [-0.2, 0) is 38.1 Å². The van der Waals surface area contributed by atoms with Crippen LogP contribution >= 0.6 is 0 Å². The minimum absolute atomic E-state index is 0.0587. The van der Waals surface area contributed by atoms with Crippen molar-refractivity contribution in [2.75, 3.05) is 0 Å². The Bertz CT molecular complexity index is 3660. The van der Waals surface area contributed by atoms with Crippen LogP contribution in [0.15, 0.2) is 84.4 Å². The quantitative estimate of drug-likeness (QED) is 0.0971. The van der Waals surface area contributed by atoms with E-state index in [0.29, 0.717) is 66.1 Å². The highest BCUT2D eigenvalue weighted by molar-refractivity contribution is 5.96. The summed E-state index contributed by atoms with van der Waals surface area (Å²) in [7, 11) is 0. The van der Waals surface area contributed by atoms with E-state index in [2.05, 4.69) is 72.5 Å². The van der Waals surface area contributed by atoms with E-state index in [0.717, 1.165) is 34.5 Å². The molecule has 25 nitrogen and oxygen atoms in total. The van der Waals surface area contributed by atoms with Gasteiger partial charge in [-0.2, -0.15) is 0 Å². The molecule has 2 saturated heterocycles. The van der Waals surface area contributed by atoms with Crippen LogP contribution < -0.4 is 14.5 Å². The molecule has 85 heavy (non-hydrogen) atoms. The van der Waals surface area contributed by atoms with E-state index in [1.165, 1.54) is 4.85 Å². The van der Waals surface area contributed by atoms with Crippen molar-refractivity contribution in [2.45, 2.75) is 174 Å². The Morgan fingerprint density at radius 3 is 1.67 bits per heavy atom. The maximum absolute atomic E-state index is 15.5. The number of rotatable bonds is 10. The number of fused-ring (bicyclic) bond motifs is 10. The largest absolute Gasteiger partial charge is 0.387 e. The van der Waals surface area contributed by atoms with Gasteiger partial charge in [0, 0.05) is 5.92 Å². The lowest BCUT2D eigenvalue weighted by Gasteiger charge is -2.70. The van der Waals surface area contributed by atoms with Gasteiger partial charge in [0.05, 0.1) is 11.5 Å². The van der Waals surface area contributed by atoms with Crippen LogP contribution in [0.2, 0.25) is 0 Å². The fourth-order valence-electron chi connectivity index (χ4n) is 16.5. The SMILES string of the molecule is CC1(C)C(OC2OC(C(=O)On3nnc4ccccc43)C(O)C(O)C2OC2OC(C(=O)On3nnc4ccccc43)C(O)C(O)C2O)CC[C@@]2(C)C1CC[C@]1(C)C2C(=O)C=C2C3C[C@@](C)(C(=O)On4nnc5ccccc54)CC[C@]3(C)CC[C@]21C. The van der Waals surface area contributed by atoms with Gasteiger partial charge in [0.15, 0.2) is 30.6 Å². The minimum Gasteiger partial charge on any atom is -0.387 e. The van der Waals surface area contributed by atoms with Gasteiger partial charge in [0.25, 0.3) is 0 Å². The third-order valence-corrected chi connectivity index (χ3v) is 21.7. The summed E-state index contributed by atoms with van der Waals surface area (Å²) >= 11 is 0. The van der Waals surface area contributed by atoms with E-state index in [4.69, 9.17) is 33.5 Å². The third-order valence-electron chi connectivity index (χ3n) is 21.7. The number of benzene rings is 3. The summed E-state index contributed by atoms with van der Waals surface area (Å²) < 4.78 is 25.4. The number of ether oxygens (including phenoxy) is 4. The molecule has 4 saturated carbocycles. The first-order valence-electron chi connectivity index (χ1n) is 29.3. The Balaban J connectivity index is 0.774. The number of carbonyl (C=O) groups excluding carboxylic acids is 4. The maximum atomic E-state index is 15.5. The second kappa shape index (κ2) is 20.5. The van der Waals surface area contributed by atoms with Crippen LogP contribution in [0.1, 0.15) is 106 Å². The molecule has 14 unspecified atom stereocenters. The highest BCUT2D eigenvalue weighted by Gasteiger charge is 2.71. The smallest absolute Gasteiger partial charge is 0.366 e. The zero-order valence-electron chi connectivity index (χ0n) is 48.2. The maximum Gasteiger partial charge on any atom is 0.366 e. The predicted octanol–water partition coefficient (Wildman–Crippen LogP) is 3.19. The summed E-state index contributed by atoms with van der Waals surface area (Å²) in [6, 6.07) is 20.5. The molecule has 0 spiro atoms. The molecule has 0 radical (unpaired) electrons. The summed E-state index contributed by atoms with van der Waals surface area (Å²) in [5.41, 5.74) is 0.441. The van der Waals surface area contributed by atoms with Crippen molar-refractivity contribution in [1.82, 2.24) is 45.5 Å². The third kappa shape index (κ3) is 8.96. The van der Waals surface area contributed by atoms with E-state index >= 15 is 4.79 Å². The van der Waals surface area contributed by atoms with E-state index in [9.17, 15) is 39.9 Å². The highest BCUT2D eigenvalue weighted by Crippen LogP contribution is 2.75. The van der Waals surface area contributed by atoms with Crippen molar-refractivity contribution in [3.8, 4) is 0 Å². The Morgan fingerprint density at radius 1 is 0.576 bits per heavy atom. The zero-order chi connectivity index (χ0) is 59.9. The topological polar surface area (TPSA) is 326 Å². The van der Waals surface area contributed by atoms with Crippen molar-refractivity contribution >= 4 is 56.8 Å². The molecule has 5 aliphatic carbocycles. The Hall–Kier alpha value is -6.68. The zero-order valence-corrected chi connectivity index (χ0v) is 48.2. The number of carbonyl (C=O) groups is 4. The molecule has 5 N–H and O–H groups in total. The Morgan fingerprint density at radius 2 is 1.09 bits per heavy atom. The number of hydrogen-bond acceptors (Lipinski definition) is 22. The Labute approximate surface area is 487 Å². The lowest BCUT2D eigenvalue weighted by atomic mass is 9.33. The number of aliphatic hydroxyl groups is 5. The first kappa shape index (κ1) is 57.4. The lowest BCUT2D eigenvalue weighted by molar-refractivity contribution is -0.371. The molecule has 3 aromatic carbocycles. The molecule has 0 bridgehead atoms. The number of aliphatic hydroxyl groups excluding tert-OH is 5. The van der Waals surface area contributed by atoms with Crippen molar-refractivity contribution in [2.24, 2.45) is 50.2 Å². The molecule has 452 valence electrons. The van der Waals surface area contributed by atoms with Crippen LogP contribution in [0.4, 0.5) is 0 Å². The van der Waals surface area contributed by atoms with Gasteiger partial charge in [0.2, 0.25) is 0 Å². The average molecular weight is 1170 g/mol. The summed E-state index contributed by atoms with van der Waals surface area (Å²) in [4.78, 5) is 77.5. The van der Waals surface area contributed by atoms with Crippen LogP contribution in [0.3, 0.4) is 0 Å². The number of para-hydroxylation sites is 3. The molecule has 6 fully saturated rings. The fourth-order valence-corrected chi connectivity index (χ4v) is 16.5. The number of ketones is 1. The van der Waals surface area contributed by atoms with Crippen LogP contribution in [0.25, 0.3) is 33.1 Å². The van der Waals surface area contributed by atoms with Gasteiger partial charge < -0.3 is 59.0 Å². The standard InChI is InChI=1S/C60H71N9O16/c1-55(2)39-20-23-60(7)49(38(70)28-30-31-29-57(4,25-24-56(31,3)26-27-59(30,60)6)54(78)85-69-37-19-13-10-16-34(37)63-66-69)58(39,5)22-21-40(55)79-53-48(44(74)43(73)47(81-53)51(77)84-68-36-18-12-9-15-33(36)62-65-68)82-52-45(75)41(71)42(72)46(80-52)50(76)83-67-35-17-11-8-14-32(35)61-64-67/h8-19,28,31,39-49,52-53,71-75H,20-27,29H2,1-7H3/t31?,39?,40?,41?,42?,43?,44?,45?,46?,47?,48?,49?,52?,53?,56-,57+,58+,59-,60-/m1/s1. The van der Waals surface area contributed by atoms with Crippen LogP contribution in [0, 0.1) is 50.2 Å². The first-order chi connectivity index (χ1) is 40.4. The predicted molar refractivity (Wildman–Crippen MR) is 294 cm³/mol. The van der Waals surface area contributed by atoms with Crippen molar-refractivity contribution in [3.63, 3.8) is 0 Å². The highest BCUT2D eigenvalue weighted by atomic mass is 16.8. The van der Waals surface area contributed by atoms with Gasteiger partial charge >= 0.3 is 17.9 Å². The van der Waals surface area contributed by atoms with E-state index in [1.807, 2.05) is 31.2 Å². The molecule has 2 aliphatic heterocycles. The Kier molecular flexibility index (Phi) is 13.8. The summed E-state index contributed by atoms with van der Waals surface area (Å²) in [6.07, 6.45) is -12.8. The second-order valence-electron chi connectivity index (χ2n) is 26.7. The van der Waals surface area contributed by atoms with Crippen molar-refractivity contribution in [1.29, 1.82) is 0 Å². The molecule has 6 aromatic rings. The van der Waals surface area contributed by atoms with Gasteiger partial charge in [-0.25, -0.2) is 14.4 Å². The molecule has 19 atom stereocenters. The van der Waals surface area contributed by atoms with Gasteiger partial charge in [-0.1, -0.05) is 98.0 Å². The summed E-state index contributed by atoms with van der Waals surface area (Å²) in [5, 5.41) is 81.6. The molecular formula is C60H71N9O16. The average Bonchev–Trinajstić information content (AvgIpc) is 1.21. The van der Waals surface area contributed by atoms with E-state index in [1.54, 1.807) is 54.6 Å². The van der Waals surface area contributed by atoms with Gasteiger partial charge in [-0.3, -0.25) is 4.79 Å². The van der Waals surface area contributed by atoms with Gasteiger partial charge in [-0.05, 0) is 162 Å². The fraction of sp³-hybridized carbons (Fsp3) is 0.600. The number of allylic oxidation sites excluding steroid dienone is 2. The lowest BCUT2D eigenvalue weighted by Crippen LogP contribution is -2.68. The van der Waals surface area contributed by atoms with Gasteiger partial charge in [-0.15, -0.1) is 15.3 Å². The van der Waals surface area contributed by atoms with Crippen LogP contribution in [0.5, 0.6) is 0 Å². The molecule has 13 rings (SSSR count). The molecule has 3 aromatic heterocycles. The molecule has 5 heterocycles. The van der Waals surface area contributed by atoms with Crippen LogP contribution in [-0.4, -0.2) is 162 Å².